The second kappa shape index (κ2) is 7.74. The van der Waals surface area contributed by atoms with Crippen LogP contribution in [0.2, 0.25) is 5.02 Å². The molecule has 1 aliphatic rings. The van der Waals surface area contributed by atoms with Crippen molar-refractivity contribution in [2.45, 2.75) is 38.0 Å². The molecular formula is C17H17ClFN3O4. The van der Waals surface area contributed by atoms with E-state index in [1.807, 2.05) is 4.98 Å². The van der Waals surface area contributed by atoms with Crippen molar-refractivity contribution < 1.29 is 13.9 Å². The van der Waals surface area contributed by atoms with E-state index in [-0.39, 0.29) is 29.5 Å². The Labute approximate surface area is 152 Å². The summed E-state index contributed by atoms with van der Waals surface area (Å²) in [6.45, 7) is -0.293. The van der Waals surface area contributed by atoms with E-state index >= 15 is 0 Å². The number of hydrogen-bond acceptors (Lipinski definition) is 4. The lowest BCUT2D eigenvalue weighted by Crippen LogP contribution is -2.45. The van der Waals surface area contributed by atoms with Gasteiger partial charge in [0.15, 0.2) is 11.6 Å². The highest BCUT2D eigenvalue weighted by molar-refractivity contribution is 6.30. The van der Waals surface area contributed by atoms with Gasteiger partial charge in [-0.2, -0.15) is 0 Å². The number of benzene rings is 1. The third kappa shape index (κ3) is 4.13. The van der Waals surface area contributed by atoms with Crippen LogP contribution in [0.15, 0.2) is 40.1 Å². The number of halogens is 2. The van der Waals surface area contributed by atoms with E-state index in [4.69, 9.17) is 16.3 Å². The van der Waals surface area contributed by atoms with Gasteiger partial charge < -0.3 is 10.1 Å². The van der Waals surface area contributed by atoms with Crippen molar-refractivity contribution in [1.82, 2.24) is 14.9 Å². The Kier molecular flexibility index (Phi) is 5.41. The highest BCUT2D eigenvalue weighted by Crippen LogP contribution is 2.26. The minimum atomic E-state index is -0.722. The molecule has 7 nitrogen and oxygen atoms in total. The van der Waals surface area contributed by atoms with Crippen molar-refractivity contribution >= 4 is 17.5 Å². The van der Waals surface area contributed by atoms with Crippen LogP contribution in [0, 0.1) is 5.82 Å². The SMILES string of the molecule is O=C(Cn1cc(Cl)c(=O)[nH]c1=O)N[C@H]1CCC[C@H]1Oc1ccccc1F. The molecule has 2 atom stereocenters. The van der Waals surface area contributed by atoms with E-state index in [0.29, 0.717) is 12.8 Å². The zero-order valence-corrected chi connectivity index (χ0v) is 14.5. The minimum Gasteiger partial charge on any atom is -0.485 e. The van der Waals surface area contributed by atoms with Gasteiger partial charge in [0.25, 0.3) is 5.56 Å². The molecule has 0 aliphatic heterocycles. The molecular weight excluding hydrogens is 365 g/mol. The number of aromatic amines is 1. The smallest absolute Gasteiger partial charge is 0.328 e. The fourth-order valence-electron chi connectivity index (χ4n) is 2.94. The van der Waals surface area contributed by atoms with Crippen LogP contribution in [0.5, 0.6) is 5.75 Å². The average molecular weight is 382 g/mol. The molecule has 1 fully saturated rings. The van der Waals surface area contributed by atoms with Crippen molar-refractivity contribution in [2.75, 3.05) is 0 Å². The molecule has 9 heteroatoms. The lowest BCUT2D eigenvalue weighted by atomic mass is 10.2. The predicted octanol–water partition coefficient (Wildman–Crippen LogP) is 1.45. The Morgan fingerprint density at radius 3 is 2.88 bits per heavy atom. The Morgan fingerprint density at radius 1 is 1.35 bits per heavy atom. The number of carbonyl (C=O) groups is 1. The van der Waals surface area contributed by atoms with E-state index in [2.05, 4.69) is 5.32 Å². The topological polar surface area (TPSA) is 93.2 Å². The van der Waals surface area contributed by atoms with Gasteiger partial charge in [-0.25, -0.2) is 9.18 Å². The lowest BCUT2D eigenvalue weighted by molar-refractivity contribution is -0.123. The van der Waals surface area contributed by atoms with Crippen molar-refractivity contribution in [1.29, 1.82) is 0 Å². The number of amides is 1. The summed E-state index contributed by atoms with van der Waals surface area (Å²) < 4.78 is 20.5. The van der Waals surface area contributed by atoms with Crippen LogP contribution in [0.4, 0.5) is 4.39 Å². The maximum absolute atomic E-state index is 13.7. The molecule has 138 valence electrons. The number of rotatable bonds is 5. The molecule has 1 aliphatic carbocycles. The average Bonchev–Trinajstić information content (AvgIpc) is 3.01. The van der Waals surface area contributed by atoms with E-state index < -0.39 is 23.0 Å². The third-order valence-electron chi connectivity index (χ3n) is 4.20. The molecule has 26 heavy (non-hydrogen) atoms. The fraction of sp³-hybridized carbons (Fsp3) is 0.353. The van der Waals surface area contributed by atoms with Crippen LogP contribution in [0.1, 0.15) is 19.3 Å². The number of nitrogens with one attached hydrogen (secondary N) is 2. The number of para-hydroxylation sites is 1. The molecule has 0 saturated heterocycles. The second-order valence-electron chi connectivity index (χ2n) is 6.06. The van der Waals surface area contributed by atoms with Gasteiger partial charge in [-0.3, -0.25) is 19.1 Å². The van der Waals surface area contributed by atoms with E-state index in [9.17, 15) is 18.8 Å². The van der Waals surface area contributed by atoms with Gasteiger partial charge in [0.1, 0.15) is 17.7 Å². The van der Waals surface area contributed by atoms with Crippen molar-refractivity contribution in [3.8, 4) is 5.75 Å². The summed E-state index contributed by atoms with van der Waals surface area (Å²) in [5.41, 5.74) is -1.43. The molecule has 3 rings (SSSR count). The van der Waals surface area contributed by atoms with Gasteiger partial charge in [-0.1, -0.05) is 23.7 Å². The Morgan fingerprint density at radius 2 is 2.12 bits per heavy atom. The summed E-state index contributed by atoms with van der Waals surface area (Å²) in [6.07, 6.45) is 2.96. The Balaban J connectivity index is 1.65. The van der Waals surface area contributed by atoms with Gasteiger partial charge in [-0.05, 0) is 31.4 Å². The van der Waals surface area contributed by atoms with Crippen LogP contribution in [-0.2, 0) is 11.3 Å². The second-order valence-corrected chi connectivity index (χ2v) is 6.46. The molecule has 1 aromatic heterocycles. The summed E-state index contributed by atoms with van der Waals surface area (Å²) in [6, 6.07) is 5.80. The fourth-order valence-corrected chi connectivity index (χ4v) is 3.11. The van der Waals surface area contributed by atoms with Crippen LogP contribution in [-0.4, -0.2) is 27.6 Å². The molecule has 0 radical (unpaired) electrons. The first-order valence-electron chi connectivity index (χ1n) is 8.14. The predicted molar refractivity (Wildman–Crippen MR) is 92.9 cm³/mol. The number of aromatic nitrogens is 2. The zero-order valence-electron chi connectivity index (χ0n) is 13.7. The first kappa shape index (κ1) is 18.2. The first-order valence-corrected chi connectivity index (χ1v) is 8.51. The monoisotopic (exact) mass is 381 g/mol. The molecule has 2 N–H and O–H groups in total. The van der Waals surface area contributed by atoms with Crippen LogP contribution in [0.25, 0.3) is 0 Å². The first-order chi connectivity index (χ1) is 12.4. The highest BCUT2D eigenvalue weighted by Gasteiger charge is 2.31. The van der Waals surface area contributed by atoms with Crippen LogP contribution < -0.4 is 21.3 Å². The molecule has 1 amide bonds. The molecule has 0 bridgehead atoms. The number of carbonyl (C=O) groups excluding carboxylic acids is 1. The normalized spacial score (nSPS) is 19.3. The van der Waals surface area contributed by atoms with E-state index in [0.717, 1.165) is 17.2 Å². The number of hydrogen-bond donors (Lipinski definition) is 2. The van der Waals surface area contributed by atoms with Gasteiger partial charge in [-0.15, -0.1) is 0 Å². The van der Waals surface area contributed by atoms with E-state index in [1.165, 1.54) is 12.1 Å². The third-order valence-corrected chi connectivity index (χ3v) is 4.46. The lowest BCUT2D eigenvalue weighted by Gasteiger charge is -2.22. The molecule has 2 aromatic rings. The van der Waals surface area contributed by atoms with Crippen LogP contribution in [0.3, 0.4) is 0 Å². The molecule has 0 unspecified atom stereocenters. The molecule has 1 aromatic carbocycles. The summed E-state index contributed by atoms with van der Waals surface area (Å²) in [4.78, 5) is 37.2. The Hall–Kier alpha value is -2.61. The van der Waals surface area contributed by atoms with Crippen molar-refractivity contribution in [2.24, 2.45) is 0 Å². The molecule has 0 spiro atoms. The molecule has 1 saturated carbocycles. The van der Waals surface area contributed by atoms with Gasteiger partial charge >= 0.3 is 5.69 Å². The summed E-state index contributed by atoms with van der Waals surface area (Å²) in [5.74, 6) is -0.745. The number of nitrogens with zero attached hydrogens (tertiary/aromatic N) is 1. The quantitative estimate of drug-likeness (QED) is 0.819. The van der Waals surface area contributed by atoms with Gasteiger partial charge in [0.05, 0.1) is 6.04 Å². The van der Waals surface area contributed by atoms with Gasteiger partial charge in [0.2, 0.25) is 5.91 Å². The van der Waals surface area contributed by atoms with E-state index in [1.54, 1.807) is 12.1 Å². The zero-order chi connectivity index (χ0) is 18.7. The number of H-pyrrole nitrogens is 1. The summed E-state index contributed by atoms with van der Waals surface area (Å²) in [7, 11) is 0. The summed E-state index contributed by atoms with van der Waals surface area (Å²) >= 11 is 5.68. The molecule has 1 heterocycles. The maximum atomic E-state index is 13.7. The minimum absolute atomic E-state index is 0.141. The largest absolute Gasteiger partial charge is 0.485 e. The number of ether oxygens (including phenoxy) is 1. The van der Waals surface area contributed by atoms with Gasteiger partial charge in [0, 0.05) is 6.20 Å². The Bertz CT molecular complexity index is 927. The maximum Gasteiger partial charge on any atom is 0.328 e. The van der Waals surface area contributed by atoms with Crippen LogP contribution >= 0.6 is 11.6 Å². The standard InChI is InChI=1S/C17H17ClFN3O4/c18-10-8-22(17(25)21-16(10)24)9-15(23)20-12-5-3-7-14(12)26-13-6-2-1-4-11(13)19/h1-2,4,6,8,12,14H,3,5,7,9H2,(H,20,23)(H,21,24,25)/t12-,14+/m0/s1. The van der Waals surface area contributed by atoms with Crippen molar-refractivity contribution in [3.05, 3.63) is 62.1 Å². The van der Waals surface area contributed by atoms with Crippen molar-refractivity contribution in [3.63, 3.8) is 0 Å². The highest BCUT2D eigenvalue weighted by atomic mass is 35.5. The summed E-state index contributed by atoms with van der Waals surface area (Å²) in [5, 5.41) is 2.62.